The monoisotopic (exact) mass is 507 g/mol. The highest BCUT2D eigenvalue weighted by atomic mass is 32.1. The number of anilines is 1. The number of nitriles is 2. The van der Waals surface area contributed by atoms with Crippen LogP contribution in [-0.4, -0.2) is 29.9 Å². The van der Waals surface area contributed by atoms with Gasteiger partial charge in [-0.1, -0.05) is 96.2 Å². The summed E-state index contributed by atoms with van der Waals surface area (Å²) in [5.41, 5.74) is 2.11. The molecule has 4 aromatic rings. The quantitative estimate of drug-likeness (QED) is 0.107. The predicted molar refractivity (Wildman–Crippen MR) is 140 cm³/mol. The molecule has 0 aliphatic carbocycles. The minimum absolute atomic E-state index is 0.191. The summed E-state index contributed by atoms with van der Waals surface area (Å²) in [5, 5.41) is 27.0. The van der Waals surface area contributed by atoms with Gasteiger partial charge in [-0.25, -0.2) is 9.78 Å². The molecule has 0 aliphatic rings. The van der Waals surface area contributed by atoms with Crippen LogP contribution < -0.4 is 5.32 Å². The van der Waals surface area contributed by atoms with Gasteiger partial charge < -0.3 is 14.9 Å². The second kappa shape index (κ2) is 12.1. The number of carbonyl (C=O) groups is 1. The first-order valence-corrected chi connectivity index (χ1v) is 12.1. The molecule has 0 spiro atoms. The lowest BCUT2D eigenvalue weighted by Gasteiger charge is -2.36. The first-order valence-electron chi connectivity index (χ1n) is 11.2. The number of rotatable bonds is 10. The number of nitrogens with one attached hydrogen (secondary N) is 1. The SMILES string of the molecule is N#CCO/N=C(/C(=O)OCC#N)c1csc(NC(c2ccccc2)(c2ccccc2)c2ccccc2)n1. The van der Waals surface area contributed by atoms with E-state index in [1.807, 2.05) is 91.0 Å². The lowest BCUT2D eigenvalue weighted by Crippen LogP contribution is -2.38. The zero-order chi connectivity index (χ0) is 25.9. The highest BCUT2D eigenvalue weighted by molar-refractivity contribution is 7.14. The van der Waals surface area contributed by atoms with Crippen LogP contribution in [0.4, 0.5) is 5.13 Å². The maximum absolute atomic E-state index is 12.5. The topological polar surface area (TPSA) is 120 Å². The zero-order valence-corrected chi connectivity index (χ0v) is 20.4. The summed E-state index contributed by atoms with van der Waals surface area (Å²) in [7, 11) is 0. The first-order chi connectivity index (χ1) is 18.2. The Morgan fingerprint density at radius 2 is 1.38 bits per heavy atom. The minimum Gasteiger partial charge on any atom is -0.445 e. The Labute approximate surface area is 218 Å². The Morgan fingerprint density at radius 3 is 1.86 bits per heavy atom. The molecule has 0 saturated heterocycles. The minimum atomic E-state index is -0.878. The summed E-state index contributed by atoms with van der Waals surface area (Å²) in [5.74, 6) is -0.878. The molecule has 182 valence electrons. The standard InChI is InChI=1S/C28H21N5O3S/c29-16-18-35-26(34)25(33-36-19-17-30)24-20-37-27(31-24)32-28(21-10-4-1-5-11-21,22-12-6-2-7-13-22)23-14-8-3-9-15-23/h1-15,20H,18-19H2,(H,31,32)/b33-25+. The van der Waals surface area contributed by atoms with Gasteiger partial charge in [0.05, 0.1) is 0 Å². The van der Waals surface area contributed by atoms with Crippen molar-refractivity contribution >= 4 is 28.1 Å². The van der Waals surface area contributed by atoms with E-state index in [2.05, 4.69) is 15.5 Å². The van der Waals surface area contributed by atoms with Crippen molar-refractivity contribution < 1.29 is 14.4 Å². The average Bonchev–Trinajstić information content (AvgIpc) is 3.42. The maximum atomic E-state index is 12.5. The fraction of sp³-hybridized carbons (Fsp3) is 0.107. The van der Waals surface area contributed by atoms with Gasteiger partial charge in [0.2, 0.25) is 12.3 Å². The normalized spacial score (nSPS) is 11.1. The molecule has 0 aliphatic heterocycles. The van der Waals surface area contributed by atoms with E-state index in [1.54, 1.807) is 17.5 Å². The number of ether oxygens (including phenoxy) is 1. The molecule has 3 aromatic carbocycles. The number of carbonyl (C=O) groups excluding carboxylic acids is 1. The second-order valence-electron chi connectivity index (χ2n) is 7.62. The molecule has 9 heteroatoms. The van der Waals surface area contributed by atoms with Crippen molar-refractivity contribution in [1.82, 2.24) is 4.98 Å². The number of nitrogens with zero attached hydrogens (tertiary/aromatic N) is 4. The molecule has 1 heterocycles. The Hall–Kier alpha value is -4.99. The lowest BCUT2D eigenvalue weighted by atomic mass is 9.77. The van der Waals surface area contributed by atoms with Crippen LogP contribution in [0.2, 0.25) is 0 Å². The van der Waals surface area contributed by atoms with Gasteiger partial charge in [0, 0.05) is 5.38 Å². The molecule has 0 fully saturated rings. The van der Waals surface area contributed by atoms with Crippen LogP contribution in [0.15, 0.2) is 102 Å². The van der Waals surface area contributed by atoms with Gasteiger partial charge in [0.1, 0.15) is 23.4 Å². The van der Waals surface area contributed by atoms with E-state index in [-0.39, 0.29) is 18.0 Å². The smallest absolute Gasteiger partial charge is 0.363 e. The third-order valence-electron chi connectivity index (χ3n) is 5.41. The van der Waals surface area contributed by atoms with E-state index in [0.29, 0.717) is 5.13 Å². The third kappa shape index (κ3) is 5.64. The van der Waals surface area contributed by atoms with Gasteiger partial charge in [0.15, 0.2) is 11.7 Å². The predicted octanol–water partition coefficient (Wildman–Crippen LogP) is 4.86. The lowest BCUT2D eigenvalue weighted by molar-refractivity contribution is -0.134. The number of aromatic nitrogens is 1. The highest BCUT2D eigenvalue weighted by Gasteiger charge is 2.37. The van der Waals surface area contributed by atoms with Crippen LogP contribution in [0.1, 0.15) is 22.4 Å². The zero-order valence-electron chi connectivity index (χ0n) is 19.6. The molecule has 0 radical (unpaired) electrons. The number of benzene rings is 3. The summed E-state index contributed by atoms with van der Waals surface area (Å²) in [4.78, 5) is 22.0. The fourth-order valence-electron chi connectivity index (χ4n) is 3.86. The molecule has 8 nitrogen and oxygen atoms in total. The summed E-state index contributed by atoms with van der Waals surface area (Å²) in [6, 6.07) is 33.6. The van der Waals surface area contributed by atoms with Crippen molar-refractivity contribution in [2.75, 3.05) is 18.5 Å². The Morgan fingerprint density at radius 1 is 0.865 bits per heavy atom. The molecular weight excluding hydrogens is 486 g/mol. The van der Waals surface area contributed by atoms with Crippen LogP contribution in [0.3, 0.4) is 0 Å². The summed E-state index contributed by atoms with van der Waals surface area (Å²) in [6.07, 6.45) is 0. The van der Waals surface area contributed by atoms with E-state index >= 15 is 0 Å². The molecule has 0 bridgehead atoms. The molecule has 0 saturated carbocycles. The number of hydrogen-bond donors (Lipinski definition) is 1. The number of hydrogen-bond acceptors (Lipinski definition) is 9. The molecule has 0 atom stereocenters. The van der Waals surface area contributed by atoms with Crippen molar-refractivity contribution in [2.24, 2.45) is 5.16 Å². The van der Waals surface area contributed by atoms with E-state index in [0.717, 1.165) is 16.7 Å². The maximum Gasteiger partial charge on any atom is 0.363 e. The molecular formula is C28H21N5O3S. The summed E-state index contributed by atoms with van der Waals surface area (Å²) >= 11 is 1.27. The number of oxime groups is 1. The van der Waals surface area contributed by atoms with Gasteiger partial charge in [-0.05, 0) is 16.7 Å². The van der Waals surface area contributed by atoms with Crippen molar-refractivity contribution in [1.29, 1.82) is 10.5 Å². The number of esters is 1. The van der Waals surface area contributed by atoms with Crippen molar-refractivity contribution in [3.05, 3.63) is 119 Å². The van der Waals surface area contributed by atoms with E-state index < -0.39 is 18.1 Å². The third-order valence-corrected chi connectivity index (χ3v) is 6.17. The first kappa shape index (κ1) is 25.1. The Balaban J connectivity index is 1.81. The van der Waals surface area contributed by atoms with E-state index in [4.69, 9.17) is 20.1 Å². The van der Waals surface area contributed by atoms with Crippen molar-refractivity contribution in [2.45, 2.75) is 5.54 Å². The molecule has 37 heavy (non-hydrogen) atoms. The molecule has 4 rings (SSSR count). The van der Waals surface area contributed by atoms with Crippen molar-refractivity contribution in [3.63, 3.8) is 0 Å². The van der Waals surface area contributed by atoms with E-state index in [1.165, 1.54) is 11.3 Å². The van der Waals surface area contributed by atoms with Crippen LogP contribution in [-0.2, 0) is 19.9 Å². The van der Waals surface area contributed by atoms with Gasteiger partial charge in [-0.15, -0.1) is 11.3 Å². The molecule has 0 amide bonds. The van der Waals surface area contributed by atoms with Crippen LogP contribution in [0.25, 0.3) is 0 Å². The Bertz CT molecular complexity index is 1350. The summed E-state index contributed by atoms with van der Waals surface area (Å²) in [6.45, 7) is -0.812. The second-order valence-corrected chi connectivity index (χ2v) is 8.47. The van der Waals surface area contributed by atoms with Crippen LogP contribution >= 0.6 is 11.3 Å². The van der Waals surface area contributed by atoms with Crippen LogP contribution in [0, 0.1) is 22.7 Å². The Kier molecular flexibility index (Phi) is 8.22. The van der Waals surface area contributed by atoms with Gasteiger partial charge in [-0.2, -0.15) is 10.5 Å². The number of thiazole rings is 1. The molecule has 1 aromatic heterocycles. The van der Waals surface area contributed by atoms with Crippen LogP contribution in [0.5, 0.6) is 0 Å². The van der Waals surface area contributed by atoms with Gasteiger partial charge >= 0.3 is 5.97 Å². The summed E-state index contributed by atoms with van der Waals surface area (Å²) < 4.78 is 4.91. The average molecular weight is 508 g/mol. The fourth-order valence-corrected chi connectivity index (χ4v) is 4.61. The highest BCUT2D eigenvalue weighted by Crippen LogP contribution is 2.40. The van der Waals surface area contributed by atoms with Gasteiger partial charge in [0.25, 0.3) is 0 Å². The van der Waals surface area contributed by atoms with Gasteiger partial charge in [-0.3, -0.25) is 0 Å². The van der Waals surface area contributed by atoms with E-state index in [9.17, 15) is 4.79 Å². The van der Waals surface area contributed by atoms with Crippen molar-refractivity contribution in [3.8, 4) is 12.1 Å². The molecule has 1 N–H and O–H groups in total. The molecule has 0 unspecified atom stereocenters. The largest absolute Gasteiger partial charge is 0.445 e.